The van der Waals surface area contributed by atoms with Gasteiger partial charge in [0.25, 0.3) is 0 Å². The number of nitrogens with two attached hydrogens (primary N) is 1. The van der Waals surface area contributed by atoms with Gasteiger partial charge >= 0.3 is 0 Å². The van der Waals surface area contributed by atoms with Crippen LogP contribution in [0.25, 0.3) is 0 Å². The molecule has 4 atom stereocenters. The highest BCUT2D eigenvalue weighted by Crippen LogP contribution is 2.66. The van der Waals surface area contributed by atoms with E-state index >= 15 is 0 Å². The average molecular weight is 246 g/mol. The van der Waals surface area contributed by atoms with Crippen LogP contribution in [0.4, 0.5) is 10.8 Å². The predicted octanol–water partition coefficient (Wildman–Crippen LogP) is 2.05. The number of hydrogen-bond acceptors (Lipinski definition) is 5. The van der Waals surface area contributed by atoms with Gasteiger partial charge < -0.3 is 11.1 Å². The second-order valence-corrected chi connectivity index (χ2v) is 6.32. The molecule has 4 nitrogen and oxygen atoms in total. The Kier molecular flexibility index (Phi) is 1.79. The first-order chi connectivity index (χ1) is 8.29. The number of anilines is 2. The van der Waals surface area contributed by atoms with Gasteiger partial charge in [0.15, 0.2) is 5.82 Å². The molecular weight excluding hydrogens is 232 g/mol. The lowest BCUT2D eigenvalue weighted by Gasteiger charge is -2.09. The van der Waals surface area contributed by atoms with Gasteiger partial charge in [-0.15, -0.1) is 0 Å². The molecule has 3 aliphatic carbocycles. The minimum atomic E-state index is 0.369. The summed E-state index contributed by atoms with van der Waals surface area (Å²) in [6.45, 7) is 0. The minimum Gasteiger partial charge on any atom is -0.382 e. The van der Waals surface area contributed by atoms with E-state index in [-0.39, 0.29) is 0 Å². The predicted molar refractivity (Wildman–Crippen MR) is 66.5 cm³/mol. The summed E-state index contributed by atoms with van der Waals surface area (Å²) in [5.41, 5.74) is 6.20. The van der Waals surface area contributed by atoms with E-state index in [0.717, 1.165) is 28.7 Å². The Balaban J connectivity index is 1.55. The van der Waals surface area contributed by atoms with E-state index in [1.54, 1.807) is 0 Å². The van der Waals surface area contributed by atoms with Crippen LogP contribution in [0, 0.1) is 35.0 Å². The summed E-state index contributed by atoms with van der Waals surface area (Å²) in [6, 6.07) is 2.73. The van der Waals surface area contributed by atoms with Crippen LogP contribution in [0.2, 0.25) is 0 Å². The van der Waals surface area contributed by atoms with Crippen LogP contribution in [0.15, 0.2) is 0 Å². The molecule has 3 saturated carbocycles. The van der Waals surface area contributed by atoms with Crippen molar-refractivity contribution >= 4 is 22.4 Å². The van der Waals surface area contributed by atoms with Crippen LogP contribution in [-0.2, 0) is 0 Å². The molecule has 88 valence electrons. The normalized spacial score (nSPS) is 41.0. The molecule has 3 fully saturated rings. The molecule has 17 heavy (non-hydrogen) atoms. The average Bonchev–Trinajstić information content (AvgIpc) is 2.71. The third kappa shape index (κ3) is 1.19. The third-order valence-corrected chi connectivity index (χ3v) is 5.66. The fourth-order valence-electron chi connectivity index (χ4n) is 4.18. The van der Waals surface area contributed by atoms with Crippen molar-refractivity contribution < 1.29 is 0 Å². The van der Waals surface area contributed by atoms with E-state index in [4.69, 9.17) is 11.0 Å². The lowest BCUT2D eigenvalue weighted by molar-refractivity contribution is 0.456. The van der Waals surface area contributed by atoms with Crippen molar-refractivity contribution in [3.63, 3.8) is 0 Å². The molecule has 0 aromatic carbocycles. The topological polar surface area (TPSA) is 74.7 Å². The van der Waals surface area contributed by atoms with Gasteiger partial charge in [-0.2, -0.15) is 9.64 Å². The Labute approximate surface area is 104 Å². The van der Waals surface area contributed by atoms with Gasteiger partial charge in [-0.1, -0.05) is 0 Å². The van der Waals surface area contributed by atoms with Gasteiger partial charge in [0.05, 0.1) is 0 Å². The fraction of sp³-hybridized carbons (Fsp3) is 0.667. The minimum absolute atomic E-state index is 0.369. The standard InChI is InChI=1S/C12H14N4S/c13-4-7-11(14)16-17-12(7)15-10-8-5-1-2-6(3-5)9(8)10/h5-6,8-10,15H,1-3H2,(H2,14,16). The Hall–Kier alpha value is -1.28. The third-order valence-electron chi connectivity index (χ3n) is 4.86. The lowest BCUT2D eigenvalue weighted by atomic mass is 10.0. The summed E-state index contributed by atoms with van der Waals surface area (Å²) in [6.07, 6.45) is 4.28. The maximum atomic E-state index is 9.04. The number of rotatable bonds is 2. The van der Waals surface area contributed by atoms with Gasteiger partial charge in [-0.3, -0.25) is 0 Å². The maximum absolute atomic E-state index is 9.04. The largest absolute Gasteiger partial charge is 0.382 e. The molecule has 3 aliphatic rings. The SMILES string of the molecule is N#Cc1c(N)nsc1NC1C2C3CCC(C3)C12. The zero-order valence-corrected chi connectivity index (χ0v) is 10.2. The van der Waals surface area contributed by atoms with Gasteiger partial charge in [0.1, 0.15) is 16.6 Å². The highest BCUT2D eigenvalue weighted by Gasteiger charge is 2.65. The Morgan fingerprint density at radius 1 is 1.35 bits per heavy atom. The van der Waals surface area contributed by atoms with Crippen LogP contribution in [0.5, 0.6) is 0 Å². The summed E-state index contributed by atoms with van der Waals surface area (Å²) >= 11 is 1.32. The number of nitrogen functional groups attached to an aromatic ring is 1. The molecule has 0 aliphatic heterocycles. The van der Waals surface area contributed by atoms with E-state index in [1.165, 1.54) is 30.8 Å². The number of nitrogens with one attached hydrogen (secondary N) is 1. The van der Waals surface area contributed by atoms with E-state index in [0.29, 0.717) is 17.4 Å². The molecule has 0 amide bonds. The van der Waals surface area contributed by atoms with Crippen LogP contribution < -0.4 is 11.1 Å². The molecule has 3 N–H and O–H groups in total. The summed E-state index contributed by atoms with van der Waals surface area (Å²) in [5, 5.41) is 13.4. The first kappa shape index (κ1) is 9.72. The molecule has 4 rings (SSSR count). The molecule has 1 aromatic heterocycles. The molecule has 4 unspecified atom stereocenters. The summed E-state index contributed by atoms with van der Waals surface area (Å²) in [5.74, 6) is 3.98. The number of aromatic nitrogens is 1. The molecule has 0 saturated heterocycles. The van der Waals surface area contributed by atoms with Crippen LogP contribution in [0.1, 0.15) is 24.8 Å². The van der Waals surface area contributed by atoms with Crippen molar-refractivity contribution in [3.8, 4) is 6.07 Å². The monoisotopic (exact) mass is 246 g/mol. The lowest BCUT2D eigenvalue weighted by Crippen LogP contribution is -2.12. The van der Waals surface area contributed by atoms with Gasteiger partial charge in [0.2, 0.25) is 0 Å². The van der Waals surface area contributed by atoms with Gasteiger partial charge in [-0.25, -0.2) is 0 Å². The van der Waals surface area contributed by atoms with Crippen molar-refractivity contribution in [2.45, 2.75) is 25.3 Å². The van der Waals surface area contributed by atoms with Gasteiger partial charge in [0, 0.05) is 6.04 Å². The van der Waals surface area contributed by atoms with E-state index < -0.39 is 0 Å². The van der Waals surface area contributed by atoms with Crippen molar-refractivity contribution in [1.29, 1.82) is 5.26 Å². The van der Waals surface area contributed by atoms with Crippen LogP contribution in [-0.4, -0.2) is 10.4 Å². The smallest absolute Gasteiger partial charge is 0.157 e. The quantitative estimate of drug-likeness (QED) is 0.837. The maximum Gasteiger partial charge on any atom is 0.157 e. The molecule has 0 radical (unpaired) electrons. The second-order valence-electron chi connectivity index (χ2n) is 5.54. The van der Waals surface area contributed by atoms with Crippen molar-refractivity contribution in [2.24, 2.45) is 23.7 Å². The first-order valence-corrected chi connectivity index (χ1v) is 6.98. The number of nitrogens with zero attached hydrogens (tertiary/aromatic N) is 2. The molecule has 0 spiro atoms. The Morgan fingerprint density at radius 3 is 2.71 bits per heavy atom. The summed E-state index contributed by atoms with van der Waals surface area (Å²) in [7, 11) is 0. The highest BCUT2D eigenvalue weighted by atomic mass is 32.1. The second kappa shape index (κ2) is 3.14. The van der Waals surface area contributed by atoms with Crippen LogP contribution in [0.3, 0.4) is 0 Å². The molecule has 2 bridgehead atoms. The first-order valence-electron chi connectivity index (χ1n) is 6.21. The Bertz CT molecular complexity index is 501. The van der Waals surface area contributed by atoms with Crippen molar-refractivity contribution in [2.75, 3.05) is 11.1 Å². The summed E-state index contributed by atoms with van der Waals surface area (Å²) in [4.78, 5) is 0. The zero-order valence-electron chi connectivity index (χ0n) is 9.39. The molecular formula is C12H14N4S. The Morgan fingerprint density at radius 2 is 2.06 bits per heavy atom. The molecule has 1 heterocycles. The highest BCUT2D eigenvalue weighted by molar-refractivity contribution is 7.10. The van der Waals surface area contributed by atoms with E-state index in [2.05, 4.69) is 15.8 Å². The van der Waals surface area contributed by atoms with E-state index in [1.807, 2.05) is 0 Å². The van der Waals surface area contributed by atoms with Gasteiger partial charge in [-0.05, 0) is 54.5 Å². The van der Waals surface area contributed by atoms with Crippen molar-refractivity contribution in [3.05, 3.63) is 5.56 Å². The van der Waals surface area contributed by atoms with Crippen LogP contribution >= 0.6 is 11.5 Å². The van der Waals surface area contributed by atoms with Crippen molar-refractivity contribution in [1.82, 2.24) is 4.37 Å². The molecule has 5 heteroatoms. The molecule has 1 aromatic rings. The summed E-state index contributed by atoms with van der Waals surface area (Å²) < 4.78 is 4.05. The van der Waals surface area contributed by atoms with E-state index in [9.17, 15) is 0 Å². The fourth-order valence-corrected chi connectivity index (χ4v) is 4.89. The number of hydrogen-bond donors (Lipinski definition) is 2. The number of fused-ring (bicyclic) bond motifs is 5. The zero-order chi connectivity index (χ0) is 11.6. The number of nitriles is 1.